The third-order valence-corrected chi connectivity index (χ3v) is 4.22. The van der Waals surface area contributed by atoms with Crippen LogP contribution < -0.4 is 5.32 Å². The fraction of sp³-hybridized carbons (Fsp3) is 0.412. The highest BCUT2D eigenvalue weighted by molar-refractivity contribution is 6.33. The highest BCUT2D eigenvalue weighted by Gasteiger charge is 2.17. The SMILES string of the molecule is O=C(NCCOC[C@H]1CCCO1)c1cn[nH]c1-c1ccccc1Cl. The van der Waals surface area contributed by atoms with Crippen LogP contribution in [0.2, 0.25) is 5.02 Å². The van der Waals surface area contributed by atoms with Crippen LogP contribution in [0, 0.1) is 0 Å². The van der Waals surface area contributed by atoms with Gasteiger partial charge in [0.1, 0.15) is 0 Å². The predicted molar refractivity (Wildman–Crippen MR) is 91.2 cm³/mol. The Balaban J connectivity index is 1.51. The molecule has 0 unspecified atom stereocenters. The van der Waals surface area contributed by atoms with Crippen LogP contribution in [-0.4, -0.2) is 48.6 Å². The van der Waals surface area contributed by atoms with Gasteiger partial charge in [-0.1, -0.05) is 29.8 Å². The Hall–Kier alpha value is -1.89. The van der Waals surface area contributed by atoms with E-state index in [1.54, 1.807) is 6.07 Å². The van der Waals surface area contributed by atoms with Gasteiger partial charge < -0.3 is 14.8 Å². The molecule has 1 fully saturated rings. The molecule has 1 aliphatic rings. The van der Waals surface area contributed by atoms with Crippen LogP contribution >= 0.6 is 11.6 Å². The van der Waals surface area contributed by atoms with Crippen molar-refractivity contribution in [2.24, 2.45) is 0 Å². The second kappa shape index (κ2) is 8.28. The Morgan fingerprint density at radius 3 is 3.12 bits per heavy atom. The van der Waals surface area contributed by atoms with Gasteiger partial charge in [-0.25, -0.2) is 0 Å². The van der Waals surface area contributed by atoms with Gasteiger partial charge in [0.05, 0.1) is 36.8 Å². The van der Waals surface area contributed by atoms with E-state index in [9.17, 15) is 4.79 Å². The molecular formula is C17H20ClN3O3. The lowest BCUT2D eigenvalue weighted by Crippen LogP contribution is -2.28. The number of nitrogens with one attached hydrogen (secondary N) is 2. The van der Waals surface area contributed by atoms with E-state index in [-0.39, 0.29) is 12.0 Å². The van der Waals surface area contributed by atoms with Crippen LogP contribution in [0.25, 0.3) is 11.3 Å². The molecule has 0 aliphatic carbocycles. The summed E-state index contributed by atoms with van der Waals surface area (Å²) in [5, 5.41) is 10.2. The Labute approximate surface area is 145 Å². The molecule has 1 atom stereocenters. The number of benzene rings is 1. The summed E-state index contributed by atoms with van der Waals surface area (Å²) in [6, 6.07) is 7.33. The molecule has 0 bridgehead atoms. The third-order valence-electron chi connectivity index (χ3n) is 3.89. The average Bonchev–Trinajstić information content (AvgIpc) is 3.26. The molecular weight excluding hydrogens is 330 g/mol. The van der Waals surface area contributed by atoms with E-state index in [0.29, 0.717) is 36.0 Å². The number of carbonyl (C=O) groups excluding carboxylic acids is 1. The maximum absolute atomic E-state index is 12.3. The van der Waals surface area contributed by atoms with Gasteiger partial charge in [0.25, 0.3) is 5.91 Å². The number of aromatic amines is 1. The van der Waals surface area contributed by atoms with Gasteiger partial charge in [-0.05, 0) is 18.9 Å². The van der Waals surface area contributed by atoms with Gasteiger partial charge in [0, 0.05) is 23.7 Å². The first-order valence-corrected chi connectivity index (χ1v) is 8.39. The van der Waals surface area contributed by atoms with Gasteiger partial charge in [0.2, 0.25) is 0 Å². The van der Waals surface area contributed by atoms with Crippen LogP contribution in [0.3, 0.4) is 0 Å². The molecule has 1 amide bonds. The van der Waals surface area contributed by atoms with Crippen molar-refractivity contribution in [2.45, 2.75) is 18.9 Å². The van der Waals surface area contributed by atoms with Crippen molar-refractivity contribution in [3.63, 3.8) is 0 Å². The number of halogens is 1. The second-order valence-corrected chi connectivity index (χ2v) is 6.01. The zero-order valence-corrected chi connectivity index (χ0v) is 14.0. The topological polar surface area (TPSA) is 76.2 Å². The van der Waals surface area contributed by atoms with Gasteiger partial charge in [-0.2, -0.15) is 5.10 Å². The lowest BCUT2D eigenvalue weighted by atomic mass is 10.1. The second-order valence-electron chi connectivity index (χ2n) is 5.60. The summed E-state index contributed by atoms with van der Waals surface area (Å²) in [5.41, 5.74) is 1.82. The first-order valence-electron chi connectivity index (χ1n) is 8.01. The molecule has 1 saturated heterocycles. The predicted octanol–water partition coefficient (Wildman–Crippen LogP) is 2.66. The zero-order chi connectivity index (χ0) is 16.8. The summed E-state index contributed by atoms with van der Waals surface area (Å²) in [5.74, 6) is -0.209. The molecule has 0 saturated carbocycles. The summed E-state index contributed by atoms with van der Waals surface area (Å²) >= 11 is 6.19. The Morgan fingerprint density at radius 2 is 2.33 bits per heavy atom. The Bertz CT molecular complexity index is 683. The average molecular weight is 350 g/mol. The highest BCUT2D eigenvalue weighted by atomic mass is 35.5. The van der Waals surface area contributed by atoms with E-state index >= 15 is 0 Å². The van der Waals surface area contributed by atoms with Gasteiger partial charge >= 0.3 is 0 Å². The standard InChI is InChI=1S/C17H20ClN3O3/c18-15-6-2-1-5-13(15)16-14(10-20-21-16)17(22)19-7-9-23-11-12-4-3-8-24-12/h1-2,5-6,10,12H,3-4,7-9,11H2,(H,19,22)(H,20,21)/t12-/m1/s1. The van der Waals surface area contributed by atoms with Crippen LogP contribution in [0.5, 0.6) is 0 Å². The number of amides is 1. The van der Waals surface area contributed by atoms with E-state index in [0.717, 1.165) is 25.0 Å². The van der Waals surface area contributed by atoms with Crippen LogP contribution in [0.4, 0.5) is 0 Å². The zero-order valence-electron chi connectivity index (χ0n) is 13.3. The maximum Gasteiger partial charge on any atom is 0.255 e. The molecule has 6 nitrogen and oxygen atoms in total. The van der Waals surface area contributed by atoms with Crippen LogP contribution in [0.15, 0.2) is 30.5 Å². The van der Waals surface area contributed by atoms with Gasteiger partial charge in [0.15, 0.2) is 0 Å². The van der Waals surface area contributed by atoms with E-state index in [1.807, 2.05) is 18.2 Å². The minimum Gasteiger partial charge on any atom is -0.377 e. The fourth-order valence-corrected chi connectivity index (χ4v) is 2.88. The molecule has 2 aromatic rings. The first-order chi connectivity index (χ1) is 11.8. The normalized spacial score (nSPS) is 17.1. The monoisotopic (exact) mass is 349 g/mol. The Kier molecular flexibility index (Phi) is 5.85. The number of ether oxygens (including phenoxy) is 2. The Morgan fingerprint density at radius 1 is 1.46 bits per heavy atom. The van der Waals surface area contributed by atoms with Crippen LogP contribution in [-0.2, 0) is 9.47 Å². The molecule has 7 heteroatoms. The fourth-order valence-electron chi connectivity index (χ4n) is 2.65. The molecule has 0 radical (unpaired) electrons. The third kappa shape index (κ3) is 4.14. The summed E-state index contributed by atoms with van der Waals surface area (Å²) in [4.78, 5) is 12.3. The number of nitrogens with zero attached hydrogens (tertiary/aromatic N) is 1. The lowest BCUT2D eigenvalue weighted by Gasteiger charge is -2.10. The molecule has 128 valence electrons. The number of hydrogen-bond donors (Lipinski definition) is 2. The molecule has 1 aromatic heterocycles. The van der Waals surface area contributed by atoms with Crippen molar-refractivity contribution in [2.75, 3.05) is 26.4 Å². The smallest absolute Gasteiger partial charge is 0.255 e. The van der Waals surface area contributed by atoms with Gasteiger partial charge in [-0.3, -0.25) is 9.89 Å². The number of H-pyrrole nitrogens is 1. The lowest BCUT2D eigenvalue weighted by molar-refractivity contribution is 0.0183. The van der Waals surface area contributed by atoms with Crippen molar-refractivity contribution in [3.8, 4) is 11.3 Å². The minimum atomic E-state index is -0.209. The summed E-state index contributed by atoms with van der Waals surface area (Å²) in [6.07, 6.45) is 3.83. The van der Waals surface area contributed by atoms with Crippen molar-refractivity contribution in [3.05, 3.63) is 41.0 Å². The minimum absolute atomic E-state index is 0.196. The summed E-state index contributed by atoms with van der Waals surface area (Å²) in [6.45, 7) is 2.27. The summed E-state index contributed by atoms with van der Waals surface area (Å²) < 4.78 is 11.0. The van der Waals surface area contributed by atoms with Crippen LogP contribution in [0.1, 0.15) is 23.2 Å². The highest BCUT2D eigenvalue weighted by Crippen LogP contribution is 2.28. The maximum atomic E-state index is 12.3. The quantitative estimate of drug-likeness (QED) is 0.753. The molecule has 2 N–H and O–H groups in total. The largest absolute Gasteiger partial charge is 0.377 e. The van der Waals surface area contributed by atoms with E-state index in [1.165, 1.54) is 6.20 Å². The summed E-state index contributed by atoms with van der Waals surface area (Å²) in [7, 11) is 0. The van der Waals surface area contributed by atoms with Crippen molar-refractivity contribution in [1.82, 2.24) is 15.5 Å². The molecule has 1 aliphatic heterocycles. The van der Waals surface area contributed by atoms with E-state index < -0.39 is 0 Å². The van der Waals surface area contributed by atoms with Crippen molar-refractivity contribution >= 4 is 17.5 Å². The van der Waals surface area contributed by atoms with Crippen molar-refractivity contribution < 1.29 is 14.3 Å². The molecule has 24 heavy (non-hydrogen) atoms. The van der Waals surface area contributed by atoms with E-state index in [4.69, 9.17) is 21.1 Å². The molecule has 3 rings (SSSR count). The van der Waals surface area contributed by atoms with Gasteiger partial charge in [-0.15, -0.1) is 0 Å². The van der Waals surface area contributed by atoms with Crippen molar-refractivity contribution in [1.29, 1.82) is 0 Å². The molecule has 0 spiro atoms. The number of rotatable bonds is 7. The van der Waals surface area contributed by atoms with E-state index in [2.05, 4.69) is 15.5 Å². The number of hydrogen-bond acceptors (Lipinski definition) is 4. The number of aromatic nitrogens is 2. The molecule has 1 aromatic carbocycles. The number of carbonyl (C=O) groups is 1. The first kappa shape index (κ1) is 17.0. The molecule has 2 heterocycles.